The van der Waals surface area contributed by atoms with Gasteiger partial charge in [0.05, 0.1) is 16.4 Å². The van der Waals surface area contributed by atoms with Gasteiger partial charge in [-0.1, -0.05) is 18.2 Å². The number of carbonyl (C=O) groups excluding carboxylic acids is 1. The number of aromatic nitrogens is 2. The summed E-state index contributed by atoms with van der Waals surface area (Å²) in [4.78, 5) is 40.0. The second-order valence-electron chi connectivity index (χ2n) is 5.91. The fraction of sp³-hybridized carbons (Fsp3) is 0.188. The summed E-state index contributed by atoms with van der Waals surface area (Å²) in [6.07, 6.45) is -4.99. The van der Waals surface area contributed by atoms with Crippen LogP contribution >= 0.6 is 12.2 Å². The van der Waals surface area contributed by atoms with Gasteiger partial charge in [0.1, 0.15) is 11.5 Å². The van der Waals surface area contributed by atoms with E-state index in [2.05, 4.69) is 9.97 Å². The maximum absolute atomic E-state index is 13.7. The van der Waals surface area contributed by atoms with Crippen LogP contribution in [0.5, 0.6) is 0 Å². The van der Waals surface area contributed by atoms with E-state index in [0.29, 0.717) is 0 Å². The van der Waals surface area contributed by atoms with Crippen molar-refractivity contribution in [1.29, 1.82) is 0 Å². The minimum absolute atomic E-state index is 0.224. The average Bonchev–Trinajstić information content (AvgIpc) is 2.58. The number of alkyl halides is 3. The summed E-state index contributed by atoms with van der Waals surface area (Å²) in [6, 6.07) is 4.99. The van der Waals surface area contributed by atoms with Gasteiger partial charge < -0.3 is 10.3 Å². The van der Waals surface area contributed by atoms with Crippen LogP contribution in [0.15, 0.2) is 40.3 Å². The molecule has 2 aromatic rings. The molecule has 1 aliphatic heterocycles. The van der Waals surface area contributed by atoms with Crippen LogP contribution in [-0.4, -0.2) is 26.9 Å². The number of hydrogen-bond acceptors (Lipinski definition) is 6. The molecule has 0 saturated heterocycles. The fourth-order valence-electron chi connectivity index (χ4n) is 3.16. The largest absolute Gasteiger partial charge is 0.431 e. The predicted octanol–water partition coefficient (Wildman–Crippen LogP) is 3.30. The number of fused-ring (bicyclic) bond motifs is 1. The molecule has 1 unspecified atom stereocenters. The first-order chi connectivity index (χ1) is 13.0. The third kappa shape index (κ3) is 3.22. The Morgan fingerprint density at radius 3 is 2.46 bits per heavy atom. The molecule has 28 heavy (non-hydrogen) atoms. The highest BCUT2D eigenvalue weighted by Gasteiger charge is 2.46. The first-order valence-electron chi connectivity index (χ1n) is 7.71. The lowest BCUT2D eigenvalue weighted by Gasteiger charge is -2.30. The molecular weight excluding hydrogens is 401 g/mol. The Bertz CT molecular complexity index is 1150. The lowest BCUT2D eigenvalue weighted by atomic mass is 9.79. The summed E-state index contributed by atoms with van der Waals surface area (Å²) < 4.78 is 40.7. The summed E-state index contributed by atoms with van der Waals surface area (Å²) in [5, 5.41) is 13.4. The summed E-state index contributed by atoms with van der Waals surface area (Å²) in [5.41, 5.74) is -4.13. The standard InChI is InChI=1S/C16H11F3N4O4S/c1-6(24)9-10(7-4-2-3-5-8(7)23(26)27)11-13(20-12(9)16(17,18)19)21-15(28)22-14(11)25/h2-5,10H,1H3,(H3,20,21,22,25,28). The topological polar surface area (TPSA) is 121 Å². The summed E-state index contributed by atoms with van der Waals surface area (Å²) in [7, 11) is 0. The number of H-pyrrole nitrogens is 2. The number of allylic oxidation sites excluding steroid dienone is 2. The Hall–Kier alpha value is -3.28. The minimum atomic E-state index is -4.99. The number of nitrogens with zero attached hydrogens (tertiary/aromatic N) is 1. The van der Waals surface area contributed by atoms with Crippen LogP contribution in [0, 0.1) is 14.9 Å². The Balaban J connectivity index is 2.48. The summed E-state index contributed by atoms with van der Waals surface area (Å²) in [6.45, 7) is 0.898. The molecule has 0 spiro atoms. The number of anilines is 1. The number of nitrogens with one attached hydrogen (secondary N) is 3. The van der Waals surface area contributed by atoms with Crippen molar-refractivity contribution in [3.63, 3.8) is 0 Å². The molecule has 0 saturated carbocycles. The second-order valence-corrected chi connectivity index (χ2v) is 6.32. The summed E-state index contributed by atoms with van der Waals surface area (Å²) >= 11 is 4.80. The van der Waals surface area contributed by atoms with Gasteiger partial charge in [0.2, 0.25) is 0 Å². The van der Waals surface area contributed by atoms with Gasteiger partial charge in [0.15, 0.2) is 10.6 Å². The third-order valence-electron chi connectivity index (χ3n) is 4.18. The maximum Gasteiger partial charge on any atom is 0.431 e. The van der Waals surface area contributed by atoms with Gasteiger partial charge in [-0.2, -0.15) is 13.2 Å². The van der Waals surface area contributed by atoms with E-state index in [-0.39, 0.29) is 21.7 Å². The molecule has 0 radical (unpaired) electrons. The highest BCUT2D eigenvalue weighted by molar-refractivity contribution is 7.71. The van der Waals surface area contributed by atoms with Gasteiger partial charge in [-0.15, -0.1) is 0 Å². The molecule has 0 bridgehead atoms. The van der Waals surface area contributed by atoms with Gasteiger partial charge in [0.25, 0.3) is 11.2 Å². The van der Waals surface area contributed by atoms with E-state index in [4.69, 9.17) is 12.2 Å². The lowest BCUT2D eigenvalue weighted by molar-refractivity contribution is -0.385. The molecule has 1 aliphatic rings. The summed E-state index contributed by atoms with van der Waals surface area (Å²) in [5.74, 6) is -2.99. The number of ketones is 1. The molecule has 1 aromatic heterocycles. The quantitative estimate of drug-likeness (QED) is 0.404. The number of nitro benzene ring substituents is 1. The number of Topliss-reactive ketones (excluding diaryl/α,β-unsaturated/α-hetero) is 1. The zero-order valence-electron chi connectivity index (χ0n) is 14.0. The molecular formula is C16H11F3N4O4S. The molecule has 1 aromatic carbocycles. The second kappa shape index (κ2) is 6.71. The van der Waals surface area contributed by atoms with E-state index in [9.17, 15) is 32.9 Å². The number of benzene rings is 1. The van der Waals surface area contributed by atoms with Crippen LogP contribution in [0.4, 0.5) is 24.7 Å². The van der Waals surface area contributed by atoms with Crippen LogP contribution < -0.4 is 10.9 Å². The number of hydrogen-bond donors (Lipinski definition) is 3. The zero-order chi connectivity index (χ0) is 20.8. The van der Waals surface area contributed by atoms with Crippen molar-refractivity contribution in [2.24, 2.45) is 0 Å². The molecule has 0 amide bonds. The van der Waals surface area contributed by atoms with Crippen LogP contribution in [0.3, 0.4) is 0 Å². The van der Waals surface area contributed by atoms with E-state index in [1.807, 2.05) is 5.32 Å². The molecule has 0 aliphatic carbocycles. The molecule has 0 fully saturated rings. The number of carbonyl (C=O) groups is 1. The number of aromatic amines is 2. The molecule has 8 nitrogen and oxygen atoms in total. The first kappa shape index (κ1) is 19.5. The molecule has 3 rings (SSSR count). The lowest BCUT2D eigenvalue weighted by Crippen LogP contribution is -2.35. The van der Waals surface area contributed by atoms with Crippen molar-refractivity contribution in [2.45, 2.75) is 19.0 Å². The van der Waals surface area contributed by atoms with Crippen molar-refractivity contribution in [3.8, 4) is 0 Å². The van der Waals surface area contributed by atoms with Gasteiger partial charge in [-0.3, -0.25) is 24.7 Å². The van der Waals surface area contributed by atoms with Gasteiger partial charge in [0, 0.05) is 17.2 Å². The maximum atomic E-state index is 13.7. The Morgan fingerprint density at radius 1 is 1.25 bits per heavy atom. The normalized spacial score (nSPS) is 16.4. The van der Waals surface area contributed by atoms with E-state index >= 15 is 0 Å². The van der Waals surface area contributed by atoms with Crippen molar-refractivity contribution in [2.75, 3.05) is 5.32 Å². The predicted molar refractivity (Wildman–Crippen MR) is 94.6 cm³/mol. The van der Waals surface area contributed by atoms with E-state index < -0.39 is 45.3 Å². The van der Waals surface area contributed by atoms with E-state index in [0.717, 1.165) is 13.0 Å². The Morgan fingerprint density at radius 2 is 1.89 bits per heavy atom. The van der Waals surface area contributed by atoms with Crippen molar-refractivity contribution < 1.29 is 22.9 Å². The number of nitro groups is 1. The number of para-hydroxylation sites is 1. The molecule has 12 heteroatoms. The zero-order valence-corrected chi connectivity index (χ0v) is 14.8. The SMILES string of the molecule is CC(=O)C1=C(C(F)(F)F)Nc2[nH]c(=S)[nH]c(=O)c2C1c1ccccc1[N+](=O)[O-]. The van der Waals surface area contributed by atoms with Gasteiger partial charge in [-0.05, 0) is 19.1 Å². The fourth-order valence-corrected chi connectivity index (χ4v) is 3.36. The Kier molecular flexibility index (Phi) is 4.67. The van der Waals surface area contributed by atoms with Crippen LogP contribution in [-0.2, 0) is 4.79 Å². The number of rotatable bonds is 3. The van der Waals surface area contributed by atoms with E-state index in [1.165, 1.54) is 18.2 Å². The Labute approximate surface area is 159 Å². The van der Waals surface area contributed by atoms with Crippen LogP contribution in [0.25, 0.3) is 0 Å². The smallest absolute Gasteiger partial charge is 0.337 e. The van der Waals surface area contributed by atoms with Gasteiger partial charge >= 0.3 is 6.18 Å². The molecule has 146 valence electrons. The van der Waals surface area contributed by atoms with Crippen molar-refractivity contribution in [3.05, 3.63) is 71.9 Å². The average molecular weight is 412 g/mol. The highest BCUT2D eigenvalue weighted by Crippen LogP contribution is 2.46. The molecule has 1 atom stereocenters. The van der Waals surface area contributed by atoms with Gasteiger partial charge in [-0.25, -0.2) is 0 Å². The van der Waals surface area contributed by atoms with E-state index in [1.54, 1.807) is 0 Å². The van der Waals surface area contributed by atoms with Crippen molar-refractivity contribution in [1.82, 2.24) is 9.97 Å². The minimum Gasteiger partial charge on any atom is -0.337 e. The highest BCUT2D eigenvalue weighted by atomic mass is 32.1. The monoisotopic (exact) mass is 412 g/mol. The van der Waals surface area contributed by atoms with Crippen LogP contribution in [0.2, 0.25) is 0 Å². The van der Waals surface area contributed by atoms with Crippen LogP contribution in [0.1, 0.15) is 24.0 Å². The molecule has 3 N–H and O–H groups in total. The first-order valence-corrected chi connectivity index (χ1v) is 8.12. The molecule has 2 heterocycles. The number of halogens is 3. The van der Waals surface area contributed by atoms with Crippen molar-refractivity contribution >= 4 is 29.5 Å². The third-order valence-corrected chi connectivity index (χ3v) is 4.39.